The lowest BCUT2D eigenvalue weighted by atomic mass is 9.82. The summed E-state index contributed by atoms with van der Waals surface area (Å²) in [5, 5.41) is 3.28. The summed E-state index contributed by atoms with van der Waals surface area (Å²) in [5.74, 6) is 1.48. The second-order valence-corrected chi connectivity index (χ2v) is 6.57. The average molecular weight is 357 g/mol. The maximum atomic E-state index is 13.1. The van der Waals surface area contributed by atoms with Crippen LogP contribution in [0.5, 0.6) is 11.5 Å². The van der Waals surface area contributed by atoms with Gasteiger partial charge < -0.3 is 19.7 Å². The minimum Gasteiger partial charge on any atom is -0.493 e. The highest BCUT2D eigenvalue weighted by atomic mass is 35.5. The van der Waals surface area contributed by atoms with Gasteiger partial charge in [-0.2, -0.15) is 0 Å². The van der Waals surface area contributed by atoms with Crippen molar-refractivity contribution >= 4 is 18.3 Å². The molecule has 24 heavy (non-hydrogen) atoms. The number of likely N-dealkylation sites (tertiary alicyclic amines) is 1. The van der Waals surface area contributed by atoms with Gasteiger partial charge in [-0.15, -0.1) is 12.4 Å². The lowest BCUT2D eigenvalue weighted by Gasteiger charge is -2.38. The fraction of sp³-hybridized carbons (Fsp3) is 0.611. The highest BCUT2D eigenvalue weighted by Crippen LogP contribution is 2.34. The number of benzene rings is 1. The number of nitrogens with zero attached hydrogens (tertiary/aromatic N) is 1. The molecule has 1 aromatic rings. The number of rotatable bonds is 5. The molecule has 0 saturated carbocycles. The van der Waals surface area contributed by atoms with E-state index >= 15 is 0 Å². The summed E-state index contributed by atoms with van der Waals surface area (Å²) >= 11 is 0. The van der Waals surface area contributed by atoms with Crippen molar-refractivity contribution in [3.8, 4) is 11.5 Å². The van der Waals surface area contributed by atoms with Crippen LogP contribution in [-0.2, 0) is 10.2 Å². The van der Waals surface area contributed by atoms with Crippen LogP contribution in [0.25, 0.3) is 0 Å². The molecule has 1 atom stereocenters. The number of nitrogens with one attached hydrogen (secondary N) is 1. The minimum atomic E-state index is -0.602. The molecule has 1 N–H and O–H groups in total. The number of carbonyl (C=O) groups is 1. The SMILES string of the molecule is CNC1CCCN(C(=O)C(C)(C)c2ccc(OC)c(OC)c2)C1.Cl. The molecule has 1 aliphatic heterocycles. The largest absolute Gasteiger partial charge is 0.493 e. The van der Waals surface area contributed by atoms with Gasteiger partial charge in [-0.05, 0) is 51.4 Å². The molecule has 0 aliphatic carbocycles. The fourth-order valence-electron chi connectivity index (χ4n) is 3.14. The third-order valence-electron chi connectivity index (χ3n) is 4.76. The van der Waals surface area contributed by atoms with Crippen LogP contribution >= 0.6 is 12.4 Å². The molecule has 1 unspecified atom stereocenters. The van der Waals surface area contributed by atoms with Crippen molar-refractivity contribution in [2.45, 2.75) is 38.1 Å². The van der Waals surface area contributed by atoms with Gasteiger partial charge in [0, 0.05) is 19.1 Å². The molecule has 1 aromatic carbocycles. The van der Waals surface area contributed by atoms with Crippen LogP contribution < -0.4 is 14.8 Å². The Morgan fingerprint density at radius 1 is 1.25 bits per heavy atom. The molecule has 0 bridgehead atoms. The molecule has 2 rings (SSSR count). The Morgan fingerprint density at radius 2 is 1.92 bits per heavy atom. The standard InChI is InChI=1S/C18H28N2O3.ClH/c1-18(2,13-8-9-15(22-4)16(11-13)23-5)17(21)20-10-6-7-14(12-20)19-3;/h8-9,11,14,19H,6-7,10,12H2,1-5H3;1H. The van der Waals surface area contributed by atoms with Gasteiger partial charge in [0.25, 0.3) is 0 Å². The normalized spacial score (nSPS) is 17.9. The summed E-state index contributed by atoms with van der Waals surface area (Å²) in [4.78, 5) is 15.0. The molecule has 6 heteroatoms. The number of methoxy groups -OCH3 is 2. The van der Waals surface area contributed by atoms with Crippen molar-refractivity contribution in [1.29, 1.82) is 0 Å². The summed E-state index contributed by atoms with van der Waals surface area (Å²) in [6, 6.07) is 6.08. The highest BCUT2D eigenvalue weighted by Gasteiger charge is 2.36. The summed E-state index contributed by atoms with van der Waals surface area (Å²) in [7, 11) is 5.18. The summed E-state index contributed by atoms with van der Waals surface area (Å²) < 4.78 is 10.7. The first-order valence-electron chi connectivity index (χ1n) is 8.13. The van der Waals surface area contributed by atoms with Gasteiger partial charge in [-0.3, -0.25) is 4.79 Å². The van der Waals surface area contributed by atoms with Crippen molar-refractivity contribution < 1.29 is 14.3 Å². The van der Waals surface area contributed by atoms with Crippen molar-refractivity contribution in [3.63, 3.8) is 0 Å². The Balaban J connectivity index is 0.00000288. The van der Waals surface area contributed by atoms with Crippen molar-refractivity contribution in [1.82, 2.24) is 10.2 Å². The van der Waals surface area contributed by atoms with Crippen molar-refractivity contribution in [2.75, 3.05) is 34.4 Å². The zero-order chi connectivity index (χ0) is 17.0. The van der Waals surface area contributed by atoms with E-state index in [0.29, 0.717) is 17.5 Å². The van der Waals surface area contributed by atoms with Gasteiger partial charge >= 0.3 is 0 Å². The van der Waals surface area contributed by atoms with Crippen LogP contribution in [0.4, 0.5) is 0 Å². The van der Waals surface area contributed by atoms with E-state index in [1.807, 2.05) is 44.0 Å². The molecular weight excluding hydrogens is 328 g/mol. The molecule has 0 spiro atoms. The lowest BCUT2D eigenvalue weighted by molar-refractivity contribution is -0.137. The Hall–Kier alpha value is -1.46. The quantitative estimate of drug-likeness (QED) is 0.881. The van der Waals surface area contributed by atoms with Crippen molar-refractivity contribution in [3.05, 3.63) is 23.8 Å². The topological polar surface area (TPSA) is 50.8 Å². The van der Waals surface area contributed by atoms with Crippen LogP contribution in [0.3, 0.4) is 0 Å². The van der Waals surface area contributed by atoms with E-state index in [0.717, 1.165) is 31.5 Å². The van der Waals surface area contributed by atoms with Crippen molar-refractivity contribution in [2.24, 2.45) is 0 Å². The maximum Gasteiger partial charge on any atom is 0.232 e. The number of carbonyl (C=O) groups excluding carboxylic acids is 1. The zero-order valence-electron chi connectivity index (χ0n) is 15.2. The van der Waals surface area contributed by atoms with Crippen LogP contribution in [0.2, 0.25) is 0 Å². The number of ether oxygens (including phenoxy) is 2. The first-order chi connectivity index (χ1) is 10.9. The first-order valence-corrected chi connectivity index (χ1v) is 8.13. The van der Waals surface area contributed by atoms with Crippen LogP contribution in [0.1, 0.15) is 32.3 Å². The maximum absolute atomic E-state index is 13.1. The highest BCUT2D eigenvalue weighted by molar-refractivity contribution is 5.87. The Morgan fingerprint density at radius 3 is 2.50 bits per heavy atom. The minimum absolute atomic E-state index is 0. The molecule has 1 amide bonds. The Kier molecular flexibility index (Phi) is 7.36. The van der Waals surface area contributed by atoms with Crippen LogP contribution in [0.15, 0.2) is 18.2 Å². The predicted molar refractivity (Wildman–Crippen MR) is 98.5 cm³/mol. The lowest BCUT2D eigenvalue weighted by Crippen LogP contribution is -2.51. The van der Waals surface area contributed by atoms with Crippen LogP contribution in [-0.4, -0.2) is 51.2 Å². The number of likely N-dealkylation sites (N-methyl/N-ethyl adjacent to an activating group) is 1. The molecule has 1 heterocycles. The summed E-state index contributed by atoms with van der Waals surface area (Å²) in [5.41, 5.74) is 0.335. The van der Waals surface area contributed by atoms with E-state index < -0.39 is 5.41 Å². The molecule has 1 aliphatic rings. The molecular formula is C18H29ClN2O3. The fourth-order valence-corrected chi connectivity index (χ4v) is 3.14. The Labute approximate surface area is 151 Å². The molecule has 5 nitrogen and oxygen atoms in total. The van der Waals surface area contributed by atoms with Gasteiger partial charge in [0.15, 0.2) is 11.5 Å². The van der Waals surface area contributed by atoms with Gasteiger partial charge in [0.2, 0.25) is 5.91 Å². The summed E-state index contributed by atoms with van der Waals surface area (Å²) in [6.45, 7) is 5.54. The monoisotopic (exact) mass is 356 g/mol. The van der Waals surface area contributed by atoms with Crippen LogP contribution in [0, 0.1) is 0 Å². The van der Waals surface area contributed by atoms with E-state index in [9.17, 15) is 4.79 Å². The van der Waals surface area contributed by atoms with E-state index in [2.05, 4.69) is 5.32 Å². The molecule has 1 saturated heterocycles. The molecule has 0 radical (unpaired) electrons. The van der Waals surface area contributed by atoms with E-state index in [1.54, 1.807) is 14.2 Å². The van der Waals surface area contributed by atoms with Gasteiger partial charge in [-0.1, -0.05) is 6.07 Å². The third kappa shape index (κ3) is 4.14. The number of halogens is 1. The predicted octanol–water partition coefficient (Wildman–Crippen LogP) is 2.61. The number of amides is 1. The van der Waals surface area contributed by atoms with E-state index in [-0.39, 0.29) is 18.3 Å². The average Bonchev–Trinajstić information content (AvgIpc) is 2.60. The Bertz CT molecular complexity index is 563. The molecule has 136 valence electrons. The van der Waals surface area contributed by atoms with Gasteiger partial charge in [0.1, 0.15) is 0 Å². The smallest absolute Gasteiger partial charge is 0.232 e. The number of hydrogen-bond acceptors (Lipinski definition) is 4. The van der Waals surface area contributed by atoms with Gasteiger partial charge in [0.05, 0.1) is 19.6 Å². The number of piperidine rings is 1. The van der Waals surface area contributed by atoms with E-state index in [1.165, 1.54) is 0 Å². The first kappa shape index (κ1) is 20.6. The molecule has 1 fully saturated rings. The second-order valence-electron chi connectivity index (χ2n) is 6.57. The zero-order valence-corrected chi connectivity index (χ0v) is 16.0. The molecule has 0 aromatic heterocycles. The second kappa shape index (κ2) is 8.58. The summed E-state index contributed by atoms with van der Waals surface area (Å²) in [6.07, 6.45) is 2.16. The van der Waals surface area contributed by atoms with E-state index in [4.69, 9.17) is 9.47 Å². The van der Waals surface area contributed by atoms with Gasteiger partial charge in [-0.25, -0.2) is 0 Å². The third-order valence-corrected chi connectivity index (χ3v) is 4.76. The number of hydrogen-bond donors (Lipinski definition) is 1.